The Hall–Kier alpha value is -2.15. The van der Waals surface area contributed by atoms with Crippen LogP contribution in [0.3, 0.4) is 0 Å². The molecule has 1 aliphatic rings. The predicted molar refractivity (Wildman–Crippen MR) is 73.6 cm³/mol. The molecule has 4 nitrogen and oxygen atoms in total. The average Bonchev–Trinajstić information content (AvgIpc) is 2.85. The van der Waals surface area contributed by atoms with Crippen molar-refractivity contribution in [1.82, 2.24) is 14.9 Å². The third-order valence-electron chi connectivity index (χ3n) is 3.77. The Labute approximate surface area is 125 Å². The number of hydrogen-bond donors (Lipinski definition) is 1. The molecule has 0 fully saturated rings. The van der Waals surface area contributed by atoms with E-state index in [9.17, 15) is 18.0 Å². The molecule has 3 rings (SSSR count). The second kappa shape index (κ2) is 5.57. The minimum atomic E-state index is -4.42. The van der Waals surface area contributed by atoms with Crippen LogP contribution in [-0.2, 0) is 25.7 Å². The molecule has 0 saturated carbocycles. The molecule has 0 atom stereocenters. The van der Waals surface area contributed by atoms with Gasteiger partial charge in [-0.3, -0.25) is 4.79 Å². The van der Waals surface area contributed by atoms with Gasteiger partial charge in [-0.15, -0.1) is 0 Å². The number of nitrogens with zero attached hydrogens (tertiary/aromatic N) is 2. The van der Waals surface area contributed by atoms with E-state index in [-0.39, 0.29) is 17.9 Å². The number of fused-ring (bicyclic) bond motifs is 1. The number of halogens is 3. The van der Waals surface area contributed by atoms with Gasteiger partial charge in [0.15, 0.2) is 12.1 Å². The maximum absolute atomic E-state index is 13.1. The van der Waals surface area contributed by atoms with Crippen molar-refractivity contribution in [2.24, 2.45) is 0 Å². The Kier molecular flexibility index (Phi) is 3.74. The summed E-state index contributed by atoms with van der Waals surface area (Å²) in [7, 11) is 0. The predicted octanol–water partition coefficient (Wildman–Crippen LogP) is 2.41. The molecule has 0 unspecified atom stereocenters. The van der Waals surface area contributed by atoms with Crippen molar-refractivity contribution < 1.29 is 18.0 Å². The lowest BCUT2D eigenvalue weighted by Crippen LogP contribution is -2.25. The van der Waals surface area contributed by atoms with E-state index in [2.05, 4.69) is 10.3 Å². The molecule has 0 radical (unpaired) electrons. The van der Waals surface area contributed by atoms with E-state index < -0.39 is 11.7 Å². The molecule has 116 valence electrons. The number of aromatic nitrogens is 2. The molecular formula is C15H14F3N3O. The fourth-order valence-corrected chi connectivity index (χ4v) is 2.76. The van der Waals surface area contributed by atoms with E-state index >= 15 is 0 Å². The van der Waals surface area contributed by atoms with Gasteiger partial charge in [-0.1, -0.05) is 18.2 Å². The molecule has 0 spiro atoms. The number of nitrogens with one attached hydrogen (secondary N) is 1. The molecular weight excluding hydrogens is 295 g/mol. The summed E-state index contributed by atoms with van der Waals surface area (Å²) in [5.74, 6) is 0.172. The lowest BCUT2D eigenvalue weighted by atomic mass is 10.1. The number of aldehydes is 1. The van der Waals surface area contributed by atoms with Gasteiger partial charge in [0.05, 0.1) is 17.8 Å². The van der Waals surface area contributed by atoms with Crippen LogP contribution < -0.4 is 5.32 Å². The SMILES string of the molecule is O=Cc1nc2c(n1Cc1ccccc1C(F)(F)F)CCNC2. The zero-order chi connectivity index (χ0) is 15.7. The number of carbonyl (C=O) groups excluding carboxylic acids is 1. The molecule has 2 aromatic rings. The smallest absolute Gasteiger partial charge is 0.321 e. The molecule has 1 aromatic carbocycles. The van der Waals surface area contributed by atoms with Gasteiger partial charge < -0.3 is 9.88 Å². The third kappa shape index (κ3) is 2.64. The first-order chi connectivity index (χ1) is 10.5. The molecule has 22 heavy (non-hydrogen) atoms. The molecule has 2 heterocycles. The van der Waals surface area contributed by atoms with E-state index in [0.717, 1.165) is 24.0 Å². The van der Waals surface area contributed by atoms with Gasteiger partial charge >= 0.3 is 6.18 Å². The van der Waals surface area contributed by atoms with Crippen molar-refractivity contribution in [3.8, 4) is 0 Å². The van der Waals surface area contributed by atoms with Crippen LogP contribution in [-0.4, -0.2) is 22.4 Å². The van der Waals surface area contributed by atoms with Crippen molar-refractivity contribution in [3.63, 3.8) is 0 Å². The number of rotatable bonds is 3. The van der Waals surface area contributed by atoms with E-state index in [4.69, 9.17) is 0 Å². The highest BCUT2D eigenvalue weighted by molar-refractivity contribution is 5.70. The molecule has 0 bridgehead atoms. The van der Waals surface area contributed by atoms with Crippen LogP contribution >= 0.6 is 0 Å². The normalized spacial score (nSPS) is 14.7. The number of imidazole rings is 1. The Morgan fingerprint density at radius 3 is 2.82 bits per heavy atom. The fourth-order valence-electron chi connectivity index (χ4n) is 2.76. The fraction of sp³-hybridized carbons (Fsp3) is 0.333. The summed E-state index contributed by atoms with van der Waals surface area (Å²) in [5.41, 5.74) is 1.02. The van der Waals surface area contributed by atoms with Gasteiger partial charge in [0.1, 0.15) is 0 Å². The Balaban J connectivity index is 2.04. The van der Waals surface area contributed by atoms with Crippen LogP contribution in [0.25, 0.3) is 0 Å². The largest absolute Gasteiger partial charge is 0.416 e. The van der Waals surface area contributed by atoms with Crippen molar-refractivity contribution >= 4 is 6.29 Å². The molecule has 1 aliphatic heterocycles. The summed E-state index contributed by atoms with van der Waals surface area (Å²) >= 11 is 0. The number of alkyl halides is 3. The van der Waals surface area contributed by atoms with Crippen LogP contribution in [0.1, 0.15) is 33.1 Å². The van der Waals surface area contributed by atoms with Crippen molar-refractivity contribution in [3.05, 3.63) is 52.6 Å². The average molecular weight is 309 g/mol. The summed E-state index contributed by atoms with van der Waals surface area (Å²) in [5, 5.41) is 3.13. The van der Waals surface area contributed by atoms with Crippen molar-refractivity contribution in [1.29, 1.82) is 0 Å². The molecule has 1 N–H and O–H groups in total. The van der Waals surface area contributed by atoms with Crippen LogP contribution in [0.15, 0.2) is 24.3 Å². The molecule has 0 aliphatic carbocycles. The van der Waals surface area contributed by atoms with E-state index in [1.54, 1.807) is 10.6 Å². The zero-order valence-electron chi connectivity index (χ0n) is 11.7. The lowest BCUT2D eigenvalue weighted by molar-refractivity contribution is -0.138. The van der Waals surface area contributed by atoms with Crippen LogP contribution in [0, 0.1) is 0 Å². The lowest BCUT2D eigenvalue weighted by Gasteiger charge is -2.18. The summed E-state index contributed by atoms with van der Waals surface area (Å²) in [6.45, 7) is 1.24. The standard InChI is InChI=1S/C15H14F3N3O/c16-15(17,18)11-4-2-1-3-10(11)8-21-13-5-6-19-7-12(13)20-14(21)9-22/h1-4,9,19H,5-8H2. The van der Waals surface area contributed by atoms with Crippen LogP contribution in [0.2, 0.25) is 0 Å². The van der Waals surface area contributed by atoms with Gasteiger partial charge in [0.25, 0.3) is 0 Å². The summed E-state index contributed by atoms with van der Waals surface area (Å²) in [4.78, 5) is 15.4. The van der Waals surface area contributed by atoms with E-state index in [1.165, 1.54) is 12.1 Å². The first kappa shape index (κ1) is 14.8. The Morgan fingerprint density at radius 2 is 2.09 bits per heavy atom. The van der Waals surface area contributed by atoms with Crippen LogP contribution in [0.5, 0.6) is 0 Å². The van der Waals surface area contributed by atoms with Gasteiger partial charge in [0.2, 0.25) is 0 Å². The summed E-state index contributed by atoms with van der Waals surface area (Å²) in [6, 6.07) is 5.42. The first-order valence-corrected chi connectivity index (χ1v) is 6.90. The van der Waals surface area contributed by atoms with Crippen molar-refractivity contribution in [2.45, 2.75) is 25.7 Å². The molecule has 1 aromatic heterocycles. The highest BCUT2D eigenvalue weighted by Gasteiger charge is 2.33. The number of carbonyl (C=O) groups is 1. The maximum Gasteiger partial charge on any atom is 0.416 e. The second-order valence-electron chi connectivity index (χ2n) is 5.15. The minimum absolute atomic E-state index is 0.00785. The van der Waals surface area contributed by atoms with Gasteiger partial charge in [-0.05, 0) is 11.6 Å². The minimum Gasteiger partial charge on any atom is -0.321 e. The maximum atomic E-state index is 13.1. The van der Waals surface area contributed by atoms with E-state index in [0.29, 0.717) is 19.3 Å². The number of benzene rings is 1. The van der Waals surface area contributed by atoms with E-state index in [1.807, 2.05) is 0 Å². The monoisotopic (exact) mass is 309 g/mol. The highest BCUT2D eigenvalue weighted by atomic mass is 19.4. The topological polar surface area (TPSA) is 46.9 Å². The summed E-state index contributed by atoms with van der Waals surface area (Å²) < 4.78 is 40.9. The highest BCUT2D eigenvalue weighted by Crippen LogP contribution is 2.32. The molecule has 0 amide bonds. The van der Waals surface area contributed by atoms with Gasteiger partial charge in [0, 0.05) is 25.2 Å². The summed E-state index contributed by atoms with van der Waals surface area (Å²) in [6.07, 6.45) is -3.18. The second-order valence-corrected chi connectivity index (χ2v) is 5.15. The first-order valence-electron chi connectivity index (χ1n) is 6.90. The Bertz CT molecular complexity index is 707. The molecule has 0 saturated heterocycles. The Morgan fingerprint density at radius 1 is 1.32 bits per heavy atom. The quantitative estimate of drug-likeness (QED) is 0.886. The van der Waals surface area contributed by atoms with Crippen molar-refractivity contribution in [2.75, 3.05) is 6.54 Å². The molecule has 7 heteroatoms. The number of hydrogen-bond acceptors (Lipinski definition) is 3. The van der Waals surface area contributed by atoms with Crippen LogP contribution in [0.4, 0.5) is 13.2 Å². The third-order valence-corrected chi connectivity index (χ3v) is 3.77. The van der Waals surface area contributed by atoms with Gasteiger partial charge in [-0.2, -0.15) is 13.2 Å². The zero-order valence-corrected chi connectivity index (χ0v) is 11.7. The van der Waals surface area contributed by atoms with Gasteiger partial charge in [-0.25, -0.2) is 4.98 Å².